The number of fused-ring (bicyclic) bond motifs is 2. The van der Waals surface area contributed by atoms with Crippen LogP contribution in [0.3, 0.4) is 0 Å². The lowest BCUT2D eigenvalue weighted by Crippen LogP contribution is -2.36. The van der Waals surface area contributed by atoms with E-state index in [-0.39, 0.29) is 11.8 Å². The Morgan fingerprint density at radius 2 is 1.80 bits per heavy atom. The lowest BCUT2D eigenvalue weighted by Gasteiger charge is -2.20. The minimum absolute atomic E-state index is 0.0392. The molecule has 0 spiro atoms. The summed E-state index contributed by atoms with van der Waals surface area (Å²) in [5, 5.41) is 5.16. The quantitative estimate of drug-likeness (QED) is 0.269. The molecule has 0 saturated heterocycles. The number of amides is 1. The van der Waals surface area contributed by atoms with E-state index in [1.54, 1.807) is 62.0 Å². The van der Waals surface area contributed by atoms with Crippen molar-refractivity contribution < 1.29 is 22.4 Å². The summed E-state index contributed by atoms with van der Waals surface area (Å²) in [4.78, 5) is 25.6. The average Bonchev–Trinajstić information content (AvgIpc) is 3.05. The van der Waals surface area contributed by atoms with Crippen molar-refractivity contribution in [3.05, 3.63) is 64.1 Å². The Hall–Kier alpha value is -3.66. The third-order valence-corrected chi connectivity index (χ3v) is 6.88. The van der Waals surface area contributed by atoms with E-state index in [0.29, 0.717) is 64.2 Å². The molecule has 0 aliphatic rings. The van der Waals surface area contributed by atoms with E-state index < -0.39 is 15.9 Å². The number of nitrogens with zero attached hydrogens (tertiary/aromatic N) is 3. The highest BCUT2D eigenvalue weighted by atomic mass is 32.2. The van der Waals surface area contributed by atoms with Gasteiger partial charge in [-0.1, -0.05) is 12.1 Å². The first-order valence-corrected chi connectivity index (χ1v) is 13.0. The molecule has 4 aromatic rings. The predicted octanol–water partition coefficient (Wildman–Crippen LogP) is 3.84. The summed E-state index contributed by atoms with van der Waals surface area (Å²) < 4.78 is 38.8. The molecule has 10 heteroatoms. The van der Waals surface area contributed by atoms with Crippen molar-refractivity contribution in [3.8, 4) is 5.75 Å². The first-order valence-electron chi connectivity index (χ1n) is 11.2. The molecule has 2 aromatic carbocycles. The highest BCUT2D eigenvalue weighted by Crippen LogP contribution is 2.27. The number of aromatic nitrogens is 2. The van der Waals surface area contributed by atoms with E-state index in [2.05, 4.69) is 5.10 Å². The number of carbonyl (C=O) groups is 1. The molecular weight excluding hydrogens is 470 g/mol. The Bertz CT molecular complexity index is 1590. The van der Waals surface area contributed by atoms with Gasteiger partial charge < -0.3 is 9.15 Å². The standard InChI is InChI=1S/C25H27N3O6S/c1-16-24(17(2)27(3)26-16)28(35(4,31)32)23(29)11-7-8-14-33-18-12-13-22-20(15-18)25(30)19-9-5-6-10-21(19)34-22/h5-6,9-10,12-13,15H,7-8,11,14H2,1-4H3. The molecule has 2 heterocycles. The third kappa shape index (κ3) is 4.93. The molecule has 0 unspecified atom stereocenters. The second-order valence-corrected chi connectivity index (χ2v) is 10.3. The van der Waals surface area contributed by atoms with Gasteiger partial charge in [0.2, 0.25) is 21.4 Å². The lowest BCUT2D eigenvalue weighted by atomic mass is 10.1. The number of sulfonamides is 1. The van der Waals surface area contributed by atoms with Crippen molar-refractivity contribution in [1.82, 2.24) is 9.78 Å². The monoisotopic (exact) mass is 497 g/mol. The number of aryl methyl sites for hydroxylation is 2. The Morgan fingerprint density at radius 1 is 1.09 bits per heavy atom. The molecule has 0 aliphatic carbocycles. The van der Waals surface area contributed by atoms with Gasteiger partial charge in [-0.05, 0) is 57.0 Å². The maximum atomic E-state index is 12.9. The molecular formula is C25H27N3O6S. The number of hydrogen-bond acceptors (Lipinski definition) is 7. The second kappa shape index (κ2) is 9.53. The van der Waals surface area contributed by atoms with E-state index in [1.165, 1.54) is 0 Å². The fourth-order valence-electron chi connectivity index (χ4n) is 4.07. The van der Waals surface area contributed by atoms with Gasteiger partial charge in [0.1, 0.15) is 22.6 Å². The molecule has 4 rings (SSSR count). The molecule has 0 saturated carbocycles. The molecule has 0 bridgehead atoms. The summed E-state index contributed by atoms with van der Waals surface area (Å²) in [5.41, 5.74) is 2.26. The highest BCUT2D eigenvalue weighted by Gasteiger charge is 2.30. The van der Waals surface area contributed by atoms with E-state index in [4.69, 9.17) is 9.15 Å². The van der Waals surface area contributed by atoms with Crippen molar-refractivity contribution >= 4 is 43.6 Å². The lowest BCUT2D eigenvalue weighted by molar-refractivity contribution is -0.117. The Morgan fingerprint density at radius 3 is 2.49 bits per heavy atom. The molecule has 9 nitrogen and oxygen atoms in total. The third-order valence-electron chi connectivity index (χ3n) is 5.83. The summed E-state index contributed by atoms with van der Waals surface area (Å²) in [5.74, 6) is 0.00710. The van der Waals surface area contributed by atoms with E-state index in [1.807, 2.05) is 6.07 Å². The van der Waals surface area contributed by atoms with Crippen molar-refractivity contribution in [2.45, 2.75) is 33.1 Å². The molecule has 0 fully saturated rings. The molecule has 0 aliphatic heterocycles. The van der Waals surface area contributed by atoms with Crippen LogP contribution >= 0.6 is 0 Å². The number of ether oxygens (including phenoxy) is 1. The van der Waals surface area contributed by atoms with Crippen molar-refractivity contribution in [2.75, 3.05) is 17.2 Å². The van der Waals surface area contributed by atoms with Gasteiger partial charge >= 0.3 is 0 Å². The van der Waals surface area contributed by atoms with E-state index in [0.717, 1.165) is 10.6 Å². The zero-order valence-electron chi connectivity index (χ0n) is 20.1. The molecule has 0 radical (unpaired) electrons. The minimum Gasteiger partial charge on any atom is -0.494 e. The average molecular weight is 498 g/mol. The van der Waals surface area contributed by atoms with Crippen LogP contribution in [0.1, 0.15) is 30.7 Å². The number of carbonyl (C=O) groups excluding carboxylic acids is 1. The van der Waals surface area contributed by atoms with Crippen LogP contribution in [0.15, 0.2) is 51.7 Å². The van der Waals surface area contributed by atoms with E-state index >= 15 is 0 Å². The Labute approximate surface area is 203 Å². The largest absolute Gasteiger partial charge is 0.494 e. The first-order chi connectivity index (χ1) is 16.6. The Kier molecular flexibility index (Phi) is 6.66. The normalized spacial score (nSPS) is 11.8. The minimum atomic E-state index is -3.81. The number of anilines is 1. The zero-order chi connectivity index (χ0) is 25.3. The first kappa shape index (κ1) is 24.5. The highest BCUT2D eigenvalue weighted by molar-refractivity contribution is 7.92. The van der Waals surface area contributed by atoms with Crippen LogP contribution < -0.4 is 14.5 Å². The maximum Gasteiger partial charge on any atom is 0.240 e. The van der Waals surface area contributed by atoms with Gasteiger partial charge in [0.15, 0.2) is 0 Å². The van der Waals surface area contributed by atoms with Crippen molar-refractivity contribution in [3.63, 3.8) is 0 Å². The van der Waals surface area contributed by atoms with Crippen LogP contribution in [0.4, 0.5) is 5.69 Å². The summed E-state index contributed by atoms with van der Waals surface area (Å²) >= 11 is 0. The fourth-order valence-corrected chi connectivity index (χ4v) is 5.13. The van der Waals surface area contributed by atoms with Crippen LogP contribution in [-0.4, -0.2) is 37.0 Å². The Balaban J connectivity index is 1.39. The molecule has 35 heavy (non-hydrogen) atoms. The summed E-state index contributed by atoms with van der Waals surface area (Å²) in [6, 6.07) is 12.2. The SMILES string of the molecule is Cc1nn(C)c(C)c1N(C(=O)CCCCOc1ccc2oc3ccccc3c(=O)c2c1)S(C)(=O)=O. The summed E-state index contributed by atoms with van der Waals surface area (Å²) in [7, 11) is -2.11. The fraction of sp³-hybridized carbons (Fsp3) is 0.320. The van der Waals surface area contributed by atoms with Gasteiger partial charge in [0.05, 0.1) is 35.0 Å². The molecule has 0 atom stereocenters. The van der Waals surface area contributed by atoms with Gasteiger partial charge in [-0.25, -0.2) is 12.7 Å². The zero-order valence-corrected chi connectivity index (χ0v) is 20.9. The van der Waals surface area contributed by atoms with E-state index in [9.17, 15) is 18.0 Å². The molecule has 184 valence electrons. The van der Waals surface area contributed by atoms with Crippen LogP contribution in [0, 0.1) is 13.8 Å². The van der Waals surface area contributed by atoms with Gasteiger partial charge in [0, 0.05) is 13.5 Å². The van der Waals surface area contributed by atoms with Gasteiger partial charge in [-0.15, -0.1) is 0 Å². The number of benzene rings is 2. The van der Waals surface area contributed by atoms with Gasteiger partial charge in [-0.3, -0.25) is 14.3 Å². The number of hydrogen-bond donors (Lipinski definition) is 0. The van der Waals surface area contributed by atoms with Crippen molar-refractivity contribution in [1.29, 1.82) is 0 Å². The van der Waals surface area contributed by atoms with Crippen molar-refractivity contribution in [2.24, 2.45) is 7.05 Å². The van der Waals surface area contributed by atoms with Crippen LogP contribution in [-0.2, 0) is 21.9 Å². The van der Waals surface area contributed by atoms with Crippen LogP contribution in [0.25, 0.3) is 21.9 Å². The van der Waals surface area contributed by atoms with Gasteiger partial charge in [0.25, 0.3) is 0 Å². The van der Waals surface area contributed by atoms with Crippen LogP contribution in [0.5, 0.6) is 5.75 Å². The molecule has 0 N–H and O–H groups in total. The molecule has 1 amide bonds. The molecule has 2 aromatic heterocycles. The number of unbranched alkanes of at least 4 members (excludes halogenated alkanes) is 1. The topological polar surface area (TPSA) is 112 Å². The smallest absolute Gasteiger partial charge is 0.240 e. The predicted molar refractivity (Wildman–Crippen MR) is 134 cm³/mol. The maximum absolute atomic E-state index is 12.9. The van der Waals surface area contributed by atoms with Gasteiger partial charge in [-0.2, -0.15) is 5.10 Å². The summed E-state index contributed by atoms with van der Waals surface area (Å²) in [6.07, 6.45) is 2.01. The second-order valence-electron chi connectivity index (χ2n) is 8.46. The number of rotatable bonds is 8. The summed E-state index contributed by atoms with van der Waals surface area (Å²) in [6.45, 7) is 3.71. The number of para-hydroxylation sites is 1. The van der Waals surface area contributed by atoms with Crippen LogP contribution in [0.2, 0.25) is 0 Å².